The van der Waals surface area contributed by atoms with E-state index in [1.54, 1.807) is 38.3 Å². The largest absolute Gasteiger partial charge is 0.497 e. The summed E-state index contributed by atoms with van der Waals surface area (Å²) in [6.07, 6.45) is 0.308. The smallest absolute Gasteiger partial charge is 0.240 e. The highest BCUT2D eigenvalue weighted by Gasteiger charge is 2.24. The summed E-state index contributed by atoms with van der Waals surface area (Å²) >= 11 is 0. The van der Waals surface area contributed by atoms with E-state index < -0.39 is 15.6 Å². The molecule has 6 nitrogen and oxygen atoms in total. The van der Waals surface area contributed by atoms with Gasteiger partial charge in [-0.05, 0) is 48.9 Å². The number of methoxy groups -OCH3 is 2. The molecule has 0 aliphatic rings. The lowest BCUT2D eigenvalue weighted by molar-refractivity contribution is 0.0657. The number of rotatable bonds is 8. The van der Waals surface area contributed by atoms with Gasteiger partial charge in [-0.3, -0.25) is 0 Å². The third-order valence-corrected chi connectivity index (χ3v) is 5.17. The summed E-state index contributed by atoms with van der Waals surface area (Å²) in [5, 5.41) is 10.5. The predicted molar refractivity (Wildman–Crippen MR) is 95.5 cm³/mol. The van der Waals surface area contributed by atoms with Gasteiger partial charge in [-0.2, -0.15) is 0 Å². The number of aliphatic hydroxyl groups is 1. The van der Waals surface area contributed by atoms with Crippen LogP contribution in [-0.2, 0) is 16.4 Å². The van der Waals surface area contributed by atoms with Crippen molar-refractivity contribution in [3.05, 3.63) is 54.1 Å². The van der Waals surface area contributed by atoms with Crippen LogP contribution in [0.25, 0.3) is 0 Å². The Kier molecular flexibility index (Phi) is 6.05. The van der Waals surface area contributed by atoms with Gasteiger partial charge in [0.2, 0.25) is 10.0 Å². The average Bonchev–Trinajstić information content (AvgIpc) is 2.61. The van der Waals surface area contributed by atoms with E-state index in [1.807, 2.05) is 12.1 Å². The van der Waals surface area contributed by atoms with Gasteiger partial charge in [0, 0.05) is 13.0 Å². The third kappa shape index (κ3) is 5.45. The number of ether oxygens (including phenoxy) is 2. The number of hydrogen-bond donors (Lipinski definition) is 2. The lowest BCUT2D eigenvalue weighted by Crippen LogP contribution is -2.42. The molecule has 1 atom stereocenters. The second kappa shape index (κ2) is 7.86. The third-order valence-electron chi connectivity index (χ3n) is 3.76. The normalized spacial score (nSPS) is 13.9. The molecule has 0 bridgehead atoms. The molecule has 0 amide bonds. The Balaban J connectivity index is 2.01. The van der Waals surface area contributed by atoms with Crippen molar-refractivity contribution in [1.82, 2.24) is 4.72 Å². The van der Waals surface area contributed by atoms with E-state index in [2.05, 4.69) is 4.72 Å². The molecule has 7 heteroatoms. The van der Waals surface area contributed by atoms with Gasteiger partial charge in [0.1, 0.15) is 11.5 Å². The van der Waals surface area contributed by atoms with Crippen LogP contribution in [0.15, 0.2) is 53.4 Å². The Hall–Kier alpha value is -2.09. The minimum Gasteiger partial charge on any atom is -0.497 e. The molecule has 0 fully saturated rings. The highest BCUT2D eigenvalue weighted by atomic mass is 32.2. The maximum atomic E-state index is 12.3. The molecule has 0 heterocycles. The van der Waals surface area contributed by atoms with Crippen LogP contribution in [0, 0.1) is 0 Å². The molecule has 0 aliphatic heterocycles. The number of hydrogen-bond acceptors (Lipinski definition) is 5. The minimum absolute atomic E-state index is 0.104. The molecule has 2 rings (SSSR count). The van der Waals surface area contributed by atoms with Crippen molar-refractivity contribution in [2.75, 3.05) is 20.8 Å². The van der Waals surface area contributed by atoms with Gasteiger partial charge in [0.15, 0.2) is 0 Å². The summed E-state index contributed by atoms with van der Waals surface area (Å²) in [7, 11) is -0.612. The van der Waals surface area contributed by atoms with Crippen LogP contribution in [0.3, 0.4) is 0 Å². The molecule has 2 N–H and O–H groups in total. The standard InChI is InChI=1S/C18H23NO5S/c1-18(20,12-14-4-6-15(23-2)7-5-14)13-19-25(21,22)17-10-8-16(24-3)9-11-17/h4-11,19-20H,12-13H2,1-3H3. The summed E-state index contributed by atoms with van der Waals surface area (Å²) in [5.74, 6) is 1.30. The van der Waals surface area contributed by atoms with Crippen molar-refractivity contribution in [2.24, 2.45) is 0 Å². The molecule has 1 unspecified atom stereocenters. The van der Waals surface area contributed by atoms with E-state index in [1.165, 1.54) is 19.2 Å². The van der Waals surface area contributed by atoms with Crippen LogP contribution in [0.4, 0.5) is 0 Å². The van der Waals surface area contributed by atoms with Crippen LogP contribution in [0.1, 0.15) is 12.5 Å². The van der Waals surface area contributed by atoms with Crippen molar-refractivity contribution < 1.29 is 23.0 Å². The van der Waals surface area contributed by atoms with Crippen LogP contribution in [0.5, 0.6) is 11.5 Å². The molecule has 0 radical (unpaired) electrons. The quantitative estimate of drug-likeness (QED) is 0.747. The number of benzene rings is 2. The first-order valence-electron chi connectivity index (χ1n) is 7.75. The van der Waals surface area contributed by atoms with Crippen molar-refractivity contribution in [3.63, 3.8) is 0 Å². The van der Waals surface area contributed by atoms with E-state index in [4.69, 9.17) is 9.47 Å². The molecule has 2 aromatic rings. The second-order valence-corrected chi connectivity index (χ2v) is 7.79. The molecule has 2 aromatic carbocycles. The lowest BCUT2D eigenvalue weighted by atomic mass is 9.97. The molecule has 25 heavy (non-hydrogen) atoms. The number of nitrogens with one attached hydrogen (secondary N) is 1. The van der Waals surface area contributed by atoms with Gasteiger partial charge in [-0.15, -0.1) is 0 Å². The fourth-order valence-corrected chi connectivity index (χ4v) is 3.50. The summed E-state index contributed by atoms with van der Waals surface area (Å²) in [5.41, 5.74) is -0.344. The first-order chi connectivity index (χ1) is 11.8. The zero-order chi connectivity index (χ0) is 18.5. The predicted octanol–water partition coefficient (Wildman–Crippen LogP) is 1.98. The van der Waals surface area contributed by atoms with Crippen LogP contribution >= 0.6 is 0 Å². The Bertz CT molecular complexity index is 783. The Morgan fingerprint density at radius 3 is 1.92 bits per heavy atom. The van der Waals surface area contributed by atoms with Gasteiger partial charge in [-0.25, -0.2) is 13.1 Å². The summed E-state index contributed by atoms with van der Waals surface area (Å²) in [4.78, 5) is 0.119. The topological polar surface area (TPSA) is 84.9 Å². The zero-order valence-electron chi connectivity index (χ0n) is 14.5. The lowest BCUT2D eigenvalue weighted by Gasteiger charge is -2.24. The molecule has 0 spiro atoms. The van der Waals surface area contributed by atoms with Crippen molar-refractivity contribution in [2.45, 2.75) is 23.8 Å². The fraction of sp³-hybridized carbons (Fsp3) is 0.333. The Morgan fingerprint density at radius 1 is 0.960 bits per heavy atom. The first kappa shape index (κ1) is 19.2. The van der Waals surface area contributed by atoms with Crippen LogP contribution < -0.4 is 14.2 Å². The van der Waals surface area contributed by atoms with E-state index in [0.29, 0.717) is 12.2 Å². The van der Waals surface area contributed by atoms with E-state index >= 15 is 0 Å². The van der Waals surface area contributed by atoms with Crippen LogP contribution in [-0.4, -0.2) is 39.9 Å². The van der Waals surface area contributed by atoms with Crippen LogP contribution in [0.2, 0.25) is 0 Å². The SMILES string of the molecule is COc1ccc(CC(C)(O)CNS(=O)(=O)c2ccc(OC)cc2)cc1. The maximum absolute atomic E-state index is 12.3. The summed E-state index contributed by atoms with van der Waals surface area (Å²) in [6.45, 7) is 1.49. The van der Waals surface area contributed by atoms with Gasteiger partial charge in [0.05, 0.1) is 24.7 Å². The van der Waals surface area contributed by atoms with Gasteiger partial charge in [-0.1, -0.05) is 12.1 Å². The second-order valence-electron chi connectivity index (χ2n) is 6.02. The molecule has 0 saturated carbocycles. The van der Waals surface area contributed by atoms with Crippen molar-refractivity contribution in [3.8, 4) is 11.5 Å². The maximum Gasteiger partial charge on any atom is 0.240 e. The zero-order valence-corrected chi connectivity index (χ0v) is 15.3. The van der Waals surface area contributed by atoms with E-state index in [9.17, 15) is 13.5 Å². The molecule has 136 valence electrons. The summed E-state index contributed by atoms with van der Waals surface area (Å²) < 4.78 is 37.2. The highest BCUT2D eigenvalue weighted by molar-refractivity contribution is 7.89. The van der Waals surface area contributed by atoms with E-state index in [0.717, 1.165) is 11.3 Å². The first-order valence-corrected chi connectivity index (χ1v) is 9.23. The van der Waals surface area contributed by atoms with Gasteiger partial charge >= 0.3 is 0 Å². The minimum atomic E-state index is -3.71. The van der Waals surface area contributed by atoms with Crippen molar-refractivity contribution in [1.29, 1.82) is 0 Å². The van der Waals surface area contributed by atoms with Crippen molar-refractivity contribution >= 4 is 10.0 Å². The van der Waals surface area contributed by atoms with Gasteiger partial charge < -0.3 is 14.6 Å². The number of sulfonamides is 1. The van der Waals surface area contributed by atoms with E-state index in [-0.39, 0.29) is 11.4 Å². The molecule has 0 aliphatic carbocycles. The Labute approximate surface area is 148 Å². The highest BCUT2D eigenvalue weighted by Crippen LogP contribution is 2.18. The molecule has 0 saturated heterocycles. The molecular weight excluding hydrogens is 342 g/mol. The molecular formula is C18H23NO5S. The summed E-state index contributed by atoms with van der Waals surface area (Å²) in [6, 6.07) is 13.3. The monoisotopic (exact) mass is 365 g/mol. The van der Waals surface area contributed by atoms with Gasteiger partial charge in [0.25, 0.3) is 0 Å². The molecule has 0 aromatic heterocycles. The Morgan fingerprint density at radius 2 is 1.44 bits per heavy atom. The average molecular weight is 365 g/mol. The fourth-order valence-electron chi connectivity index (χ4n) is 2.33.